The Labute approximate surface area is 123 Å². The van der Waals surface area contributed by atoms with Crippen LogP contribution in [0, 0.1) is 11.3 Å². The normalized spacial score (nSPS) is 13.3. The Bertz CT molecular complexity index is 596. The van der Waals surface area contributed by atoms with Crippen molar-refractivity contribution in [2.24, 2.45) is 0 Å². The fourth-order valence-electron chi connectivity index (χ4n) is 1.59. The molecule has 0 saturated heterocycles. The first-order chi connectivity index (χ1) is 8.84. The fraction of sp³-hybridized carbons (Fsp3) is 0.417. The van der Waals surface area contributed by atoms with E-state index in [1.165, 1.54) is 7.05 Å². The van der Waals surface area contributed by atoms with Crippen LogP contribution < -0.4 is 0 Å². The van der Waals surface area contributed by atoms with E-state index >= 15 is 0 Å². The summed E-state index contributed by atoms with van der Waals surface area (Å²) < 4.78 is 25.4. The zero-order chi connectivity index (χ0) is 14.6. The van der Waals surface area contributed by atoms with Gasteiger partial charge in [0.1, 0.15) is 0 Å². The molecule has 0 radical (unpaired) electrons. The zero-order valence-electron chi connectivity index (χ0n) is 10.6. The smallest absolute Gasteiger partial charge is 0.211 e. The summed E-state index contributed by atoms with van der Waals surface area (Å²) in [4.78, 5) is 0. The molecule has 0 aromatic heterocycles. The first-order valence-electron chi connectivity index (χ1n) is 5.62. The van der Waals surface area contributed by atoms with E-state index in [9.17, 15) is 8.42 Å². The number of sulfonamides is 1. The summed E-state index contributed by atoms with van der Waals surface area (Å²) in [5.41, 5.74) is 0.605. The Balaban J connectivity index is 3.00. The van der Waals surface area contributed by atoms with Crippen LogP contribution in [-0.2, 0) is 16.6 Å². The van der Waals surface area contributed by atoms with Gasteiger partial charge in [-0.25, -0.2) is 8.42 Å². The molecule has 19 heavy (non-hydrogen) atoms. The molecule has 7 heteroatoms. The quantitative estimate of drug-likeness (QED) is 0.837. The van der Waals surface area contributed by atoms with Crippen molar-refractivity contribution < 1.29 is 8.42 Å². The number of nitriles is 1. The van der Waals surface area contributed by atoms with Crippen LogP contribution in [0.25, 0.3) is 0 Å². The molecular formula is C12H14Cl2N2O2S. The van der Waals surface area contributed by atoms with Crippen LogP contribution in [0.15, 0.2) is 18.2 Å². The highest BCUT2D eigenvalue weighted by Gasteiger charge is 2.28. The molecule has 0 aliphatic heterocycles. The highest BCUT2D eigenvalue weighted by atomic mass is 35.5. The van der Waals surface area contributed by atoms with Crippen LogP contribution >= 0.6 is 23.2 Å². The molecule has 0 fully saturated rings. The van der Waals surface area contributed by atoms with Gasteiger partial charge in [-0.2, -0.15) is 9.57 Å². The van der Waals surface area contributed by atoms with Crippen molar-refractivity contribution >= 4 is 33.2 Å². The van der Waals surface area contributed by atoms with Crippen molar-refractivity contribution in [3.05, 3.63) is 33.8 Å². The van der Waals surface area contributed by atoms with E-state index in [1.54, 1.807) is 31.2 Å². The van der Waals surface area contributed by atoms with E-state index in [0.717, 1.165) is 4.31 Å². The predicted octanol–water partition coefficient (Wildman–Crippen LogP) is 3.06. The number of hydrogen-bond acceptors (Lipinski definition) is 3. The summed E-state index contributed by atoms with van der Waals surface area (Å²) in [7, 11) is -2.24. The van der Waals surface area contributed by atoms with Crippen LogP contribution in [0.4, 0.5) is 0 Å². The molecule has 0 heterocycles. The van der Waals surface area contributed by atoms with E-state index in [1.807, 2.05) is 0 Å². The van der Waals surface area contributed by atoms with Gasteiger partial charge in [0.15, 0.2) is 5.25 Å². The molecule has 0 unspecified atom stereocenters. The predicted molar refractivity (Wildman–Crippen MR) is 76.5 cm³/mol. The zero-order valence-corrected chi connectivity index (χ0v) is 12.9. The molecule has 0 amide bonds. The molecular weight excluding hydrogens is 307 g/mol. The third kappa shape index (κ3) is 3.61. The van der Waals surface area contributed by atoms with E-state index in [4.69, 9.17) is 28.5 Å². The van der Waals surface area contributed by atoms with Crippen molar-refractivity contribution in [2.75, 3.05) is 7.05 Å². The topological polar surface area (TPSA) is 61.2 Å². The van der Waals surface area contributed by atoms with Crippen LogP contribution in [0.1, 0.15) is 18.9 Å². The lowest BCUT2D eigenvalue weighted by Crippen LogP contribution is -2.34. The van der Waals surface area contributed by atoms with Gasteiger partial charge >= 0.3 is 0 Å². The minimum absolute atomic E-state index is 0.0832. The van der Waals surface area contributed by atoms with Gasteiger partial charge < -0.3 is 0 Å². The molecule has 0 aliphatic rings. The maximum absolute atomic E-state index is 12.1. The molecule has 1 atom stereocenters. The number of hydrogen-bond donors (Lipinski definition) is 0. The number of halogens is 2. The number of rotatable bonds is 5. The second-order valence-electron chi connectivity index (χ2n) is 4.04. The third-order valence-corrected chi connectivity index (χ3v) is 5.75. The molecule has 1 aromatic rings. The molecule has 0 bridgehead atoms. The Morgan fingerprint density at radius 3 is 2.58 bits per heavy atom. The first-order valence-corrected chi connectivity index (χ1v) is 7.88. The Morgan fingerprint density at radius 1 is 1.42 bits per heavy atom. The van der Waals surface area contributed by atoms with Crippen molar-refractivity contribution in [3.8, 4) is 6.07 Å². The van der Waals surface area contributed by atoms with Crippen molar-refractivity contribution in [2.45, 2.75) is 25.1 Å². The van der Waals surface area contributed by atoms with E-state index < -0.39 is 15.3 Å². The van der Waals surface area contributed by atoms with Gasteiger partial charge in [0.05, 0.1) is 16.1 Å². The third-order valence-electron chi connectivity index (χ3n) is 2.73. The van der Waals surface area contributed by atoms with Crippen molar-refractivity contribution in [1.82, 2.24) is 4.31 Å². The second-order valence-corrected chi connectivity index (χ2v) is 7.05. The van der Waals surface area contributed by atoms with Crippen LogP contribution in [0.5, 0.6) is 0 Å². The van der Waals surface area contributed by atoms with Crippen LogP contribution in [0.3, 0.4) is 0 Å². The molecule has 104 valence electrons. The summed E-state index contributed by atoms with van der Waals surface area (Å²) in [6.07, 6.45) is 0.243. The van der Waals surface area contributed by atoms with Crippen LogP contribution in [0.2, 0.25) is 10.0 Å². The molecule has 0 N–H and O–H groups in total. The Morgan fingerprint density at radius 2 is 2.05 bits per heavy atom. The lowest BCUT2D eigenvalue weighted by Gasteiger charge is -2.20. The van der Waals surface area contributed by atoms with Gasteiger partial charge in [-0.3, -0.25) is 0 Å². The minimum atomic E-state index is -3.66. The lowest BCUT2D eigenvalue weighted by atomic mass is 10.2. The maximum Gasteiger partial charge on any atom is 0.230 e. The minimum Gasteiger partial charge on any atom is -0.211 e. The molecule has 4 nitrogen and oxygen atoms in total. The van der Waals surface area contributed by atoms with Crippen LogP contribution in [-0.4, -0.2) is 25.0 Å². The molecule has 0 aliphatic carbocycles. The molecule has 1 aromatic carbocycles. The van der Waals surface area contributed by atoms with Crippen molar-refractivity contribution in [3.63, 3.8) is 0 Å². The Hall–Kier alpha value is -0.800. The second kappa shape index (κ2) is 6.58. The Kier molecular flexibility index (Phi) is 5.63. The summed E-state index contributed by atoms with van der Waals surface area (Å²) in [5.74, 6) is 0. The maximum atomic E-state index is 12.1. The van der Waals surface area contributed by atoms with Gasteiger partial charge in [0, 0.05) is 13.6 Å². The molecule has 1 rings (SSSR count). The van der Waals surface area contributed by atoms with Gasteiger partial charge in [-0.05, 0) is 18.1 Å². The lowest BCUT2D eigenvalue weighted by molar-refractivity contribution is 0.460. The van der Waals surface area contributed by atoms with Gasteiger partial charge in [0.2, 0.25) is 10.0 Å². The number of benzene rings is 1. The summed E-state index contributed by atoms with van der Waals surface area (Å²) in [6, 6.07) is 6.83. The monoisotopic (exact) mass is 320 g/mol. The molecule has 0 saturated carbocycles. The average molecular weight is 321 g/mol. The first kappa shape index (κ1) is 16.3. The summed E-state index contributed by atoms with van der Waals surface area (Å²) in [6.45, 7) is 1.74. The van der Waals surface area contributed by atoms with Gasteiger partial charge in [0.25, 0.3) is 0 Å². The fourth-order valence-corrected chi connectivity index (χ4v) is 3.27. The highest BCUT2D eigenvalue weighted by Crippen LogP contribution is 2.27. The van der Waals surface area contributed by atoms with E-state index in [0.29, 0.717) is 15.6 Å². The standard InChI is InChI=1S/C12H14Cl2N2O2S/c1-3-10(7-15)19(17,18)16(2)8-9-5-4-6-11(13)12(9)14/h4-6,10H,3,8H2,1-2H3/t10-/m1/s1. The summed E-state index contributed by atoms with van der Waals surface area (Å²) >= 11 is 11.9. The van der Waals surface area contributed by atoms with E-state index in [-0.39, 0.29) is 13.0 Å². The number of nitrogens with zero attached hydrogens (tertiary/aromatic N) is 2. The summed E-state index contributed by atoms with van der Waals surface area (Å²) in [5, 5.41) is 8.53. The average Bonchev–Trinajstić information content (AvgIpc) is 2.36. The largest absolute Gasteiger partial charge is 0.230 e. The van der Waals surface area contributed by atoms with Crippen molar-refractivity contribution in [1.29, 1.82) is 5.26 Å². The SMILES string of the molecule is CC[C@H](C#N)S(=O)(=O)N(C)Cc1cccc(Cl)c1Cl. The van der Waals surface area contributed by atoms with Gasteiger partial charge in [-0.15, -0.1) is 0 Å². The molecule has 0 spiro atoms. The van der Waals surface area contributed by atoms with E-state index in [2.05, 4.69) is 0 Å². The highest BCUT2D eigenvalue weighted by molar-refractivity contribution is 7.89. The van der Waals surface area contributed by atoms with Gasteiger partial charge in [-0.1, -0.05) is 42.3 Å².